The molecule has 34 heavy (non-hydrogen) atoms. The minimum absolute atomic E-state index is 0.0160. The molecule has 0 radical (unpaired) electrons. The van der Waals surface area contributed by atoms with Crippen LogP contribution in [0.4, 0.5) is 0 Å². The number of hydrogen-bond donors (Lipinski definition) is 1. The molecule has 1 aliphatic carbocycles. The molecule has 2 aromatic carbocycles. The summed E-state index contributed by atoms with van der Waals surface area (Å²) in [6, 6.07) is 11.9. The van der Waals surface area contributed by atoms with Crippen LogP contribution < -0.4 is 10.3 Å². The zero-order valence-corrected chi connectivity index (χ0v) is 18.2. The Hall–Kier alpha value is -4.08. The van der Waals surface area contributed by atoms with Crippen LogP contribution in [-0.2, 0) is 11.3 Å². The Labute approximate surface area is 193 Å². The maximum absolute atomic E-state index is 12.9. The van der Waals surface area contributed by atoms with E-state index in [0.717, 1.165) is 4.68 Å². The number of nitrogens with zero attached hydrogens (tertiary/aromatic N) is 4. The van der Waals surface area contributed by atoms with Crippen LogP contribution >= 0.6 is 0 Å². The largest absolute Gasteiger partial charge is 0.493 e. The molecule has 2 aromatic heterocycles. The Morgan fingerprint density at radius 2 is 2.00 bits per heavy atom. The number of carbonyl (C=O) groups is 2. The number of carboxylic acid groups (broad SMARTS) is 1. The molecule has 1 saturated carbocycles. The van der Waals surface area contributed by atoms with Crippen molar-refractivity contribution in [3.05, 3.63) is 58.5 Å². The van der Waals surface area contributed by atoms with Crippen LogP contribution in [0.2, 0.25) is 0 Å². The number of Topliss-reactive ketones (excluding diaryl/α,β-unsaturated/α-hetero) is 1. The fourth-order valence-electron chi connectivity index (χ4n) is 3.79. The quantitative estimate of drug-likeness (QED) is 0.352. The molecular weight excluding hydrogens is 440 g/mol. The maximum Gasteiger partial charge on any atom is 0.307 e. The number of carboxylic acids is 1. The van der Waals surface area contributed by atoms with Crippen LogP contribution in [0.5, 0.6) is 5.75 Å². The molecule has 2 heterocycles. The molecule has 10 heteroatoms. The van der Waals surface area contributed by atoms with Crippen molar-refractivity contribution < 1.29 is 24.0 Å². The molecule has 1 aliphatic rings. The standard InChI is InChI=1S/C24H22N4O6/c29-20(22-18-8-7-16(12-21(18)34-26-22)33-13-14-5-6-14)11-15(24(31)32)9-10-28-23(30)17-3-1-2-4-19(17)25-27-28/h1-4,7-8,12,14-15H,5-6,9-11,13H2,(H,31,32). The summed E-state index contributed by atoms with van der Waals surface area (Å²) < 4.78 is 12.1. The lowest BCUT2D eigenvalue weighted by molar-refractivity contribution is -0.142. The van der Waals surface area contributed by atoms with Crippen molar-refractivity contribution in [2.24, 2.45) is 11.8 Å². The number of aryl methyl sites for hydroxylation is 1. The zero-order chi connectivity index (χ0) is 23.7. The summed E-state index contributed by atoms with van der Waals surface area (Å²) in [7, 11) is 0. The molecule has 4 aromatic rings. The fourth-order valence-corrected chi connectivity index (χ4v) is 3.79. The predicted molar refractivity (Wildman–Crippen MR) is 121 cm³/mol. The molecule has 5 rings (SSSR count). The first kappa shape index (κ1) is 21.7. The van der Waals surface area contributed by atoms with Crippen LogP contribution in [-0.4, -0.2) is 43.6 Å². The average molecular weight is 462 g/mol. The monoisotopic (exact) mass is 462 g/mol. The third-order valence-corrected chi connectivity index (χ3v) is 5.99. The lowest BCUT2D eigenvalue weighted by Gasteiger charge is -2.11. The molecule has 0 amide bonds. The van der Waals surface area contributed by atoms with E-state index in [1.807, 2.05) is 0 Å². The van der Waals surface area contributed by atoms with Gasteiger partial charge in [0.2, 0.25) is 0 Å². The number of carbonyl (C=O) groups excluding carboxylic acids is 1. The van der Waals surface area contributed by atoms with Gasteiger partial charge >= 0.3 is 5.97 Å². The van der Waals surface area contributed by atoms with Gasteiger partial charge in [0.15, 0.2) is 17.1 Å². The average Bonchev–Trinajstić information content (AvgIpc) is 3.58. The lowest BCUT2D eigenvalue weighted by atomic mass is 9.96. The molecule has 0 bridgehead atoms. The van der Waals surface area contributed by atoms with Crippen LogP contribution in [0.25, 0.3) is 21.9 Å². The number of aliphatic carboxylic acids is 1. The molecule has 174 valence electrons. The van der Waals surface area contributed by atoms with Gasteiger partial charge < -0.3 is 14.4 Å². The third-order valence-electron chi connectivity index (χ3n) is 5.99. The predicted octanol–water partition coefficient (Wildman–Crippen LogP) is 3.09. The topological polar surface area (TPSA) is 137 Å². The Morgan fingerprint density at radius 3 is 2.79 bits per heavy atom. The highest BCUT2D eigenvalue weighted by Gasteiger charge is 2.26. The summed E-state index contributed by atoms with van der Waals surface area (Å²) in [6.45, 7) is 0.665. The minimum Gasteiger partial charge on any atom is -0.493 e. The Morgan fingerprint density at radius 1 is 1.18 bits per heavy atom. The van der Waals surface area contributed by atoms with Crippen LogP contribution in [0, 0.1) is 11.8 Å². The van der Waals surface area contributed by atoms with E-state index in [0.29, 0.717) is 40.1 Å². The minimum atomic E-state index is -1.14. The number of benzene rings is 2. The number of fused-ring (bicyclic) bond motifs is 2. The first-order chi connectivity index (χ1) is 16.5. The SMILES string of the molecule is O=C(CC(CCn1nnc2ccccc2c1=O)C(=O)O)c1noc2cc(OCC3CC3)ccc12. The van der Waals surface area contributed by atoms with E-state index in [9.17, 15) is 19.5 Å². The van der Waals surface area contributed by atoms with E-state index in [4.69, 9.17) is 9.26 Å². The molecule has 1 fully saturated rings. The Kier molecular flexibility index (Phi) is 5.79. The lowest BCUT2D eigenvalue weighted by Crippen LogP contribution is -2.27. The van der Waals surface area contributed by atoms with Gasteiger partial charge in [-0.1, -0.05) is 22.5 Å². The normalized spacial score (nSPS) is 14.4. The van der Waals surface area contributed by atoms with Crippen molar-refractivity contribution in [3.8, 4) is 5.75 Å². The van der Waals surface area contributed by atoms with Crippen molar-refractivity contribution in [3.63, 3.8) is 0 Å². The summed E-state index contributed by atoms with van der Waals surface area (Å²) in [5, 5.41) is 22.3. The van der Waals surface area contributed by atoms with Gasteiger partial charge in [0.25, 0.3) is 5.56 Å². The van der Waals surface area contributed by atoms with Crippen molar-refractivity contribution in [1.29, 1.82) is 0 Å². The molecule has 1 atom stereocenters. The summed E-state index contributed by atoms with van der Waals surface area (Å²) in [4.78, 5) is 37.3. The number of aromatic nitrogens is 4. The first-order valence-electron chi connectivity index (χ1n) is 11.1. The van der Waals surface area contributed by atoms with Gasteiger partial charge in [0, 0.05) is 19.0 Å². The van der Waals surface area contributed by atoms with Crippen LogP contribution in [0.3, 0.4) is 0 Å². The number of ketones is 1. The van der Waals surface area contributed by atoms with Crippen molar-refractivity contribution in [2.75, 3.05) is 6.61 Å². The van der Waals surface area contributed by atoms with E-state index < -0.39 is 17.7 Å². The summed E-state index contributed by atoms with van der Waals surface area (Å²) >= 11 is 0. The molecule has 0 aliphatic heterocycles. The molecule has 1 N–H and O–H groups in total. The Bertz CT molecular complexity index is 1440. The Balaban J connectivity index is 1.28. The van der Waals surface area contributed by atoms with Crippen LogP contribution in [0.1, 0.15) is 36.2 Å². The van der Waals surface area contributed by atoms with E-state index in [1.165, 1.54) is 12.8 Å². The van der Waals surface area contributed by atoms with E-state index in [-0.39, 0.29) is 30.6 Å². The smallest absolute Gasteiger partial charge is 0.307 e. The van der Waals surface area contributed by atoms with Crippen LogP contribution in [0.15, 0.2) is 51.8 Å². The number of hydrogen-bond acceptors (Lipinski definition) is 8. The second-order valence-electron chi connectivity index (χ2n) is 8.53. The second kappa shape index (κ2) is 9.05. The number of rotatable bonds is 10. The van der Waals surface area contributed by atoms with Gasteiger partial charge in [-0.05, 0) is 49.4 Å². The molecular formula is C24H22N4O6. The maximum atomic E-state index is 12.9. The van der Waals surface area contributed by atoms with Gasteiger partial charge in [0.05, 0.1) is 23.3 Å². The fraction of sp³-hybridized carbons (Fsp3) is 0.333. The van der Waals surface area contributed by atoms with Crippen molar-refractivity contribution >= 4 is 33.6 Å². The van der Waals surface area contributed by atoms with Gasteiger partial charge in [-0.2, -0.15) is 0 Å². The highest BCUT2D eigenvalue weighted by molar-refractivity contribution is 6.06. The highest BCUT2D eigenvalue weighted by Crippen LogP contribution is 2.31. The van der Waals surface area contributed by atoms with Crippen molar-refractivity contribution in [1.82, 2.24) is 20.2 Å². The molecule has 1 unspecified atom stereocenters. The molecule has 0 saturated heterocycles. The van der Waals surface area contributed by atoms with E-state index in [2.05, 4.69) is 15.5 Å². The first-order valence-corrected chi connectivity index (χ1v) is 11.1. The number of ether oxygens (including phenoxy) is 1. The van der Waals surface area contributed by atoms with Gasteiger partial charge in [-0.3, -0.25) is 14.4 Å². The van der Waals surface area contributed by atoms with Gasteiger partial charge in [-0.15, -0.1) is 5.10 Å². The summed E-state index contributed by atoms with van der Waals surface area (Å²) in [6.07, 6.45) is 2.10. The third kappa shape index (κ3) is 4.52. The second-order valence-corrected chi connectivity index (χ2v) is 8.53. The van der Waals surface area contributed by atoms with Gasteiger partial charge in [0.1, 0.15) is 11.3 Å². The van der Waals surface area contributed by atoms with E-state index in [1.54, 1.807) is 42.5 Å². The summed E-state index contributed by atoms with van der Waals surface area (Å²) in [5.74, 6) is -1.37. The highest BCUT2D eigenvalue weighted by atomic mass is 16.5. The van der Waals surface area contributed by atoms with E-state index >= 15 is 0 Å². The molecule has 10 nitrogen and oxygen atoms in total. The van der Waals surface area contributed by atoms with Crippen molar-refractivity contribution in [2.45, 2.75) is 32.2 Å². The summed E-state index contributed by atoms with van der Waals surface area (Å²) in [5.41, 5.74) is 0.593. The zero-order valence-electron chi connectivity index (χ0n) is 18.2. The molecule has 0 spiro atoms. The van der Waals surface area contributed by atoms with Gasteiger partial charge in [-0.25, -0.2) is 4.68 Å².